The van der Waals surface area contributed by atoms with E-state index < -0.39 is 0 Å². The number of benzene rings is 1. The van der Waals surface area contributed by atoms with E-state index in [1.165, 1.54) is 134 Å². The smallest absolute Gasteiger partial charge is 0.234 e. The maximum absolute atomic E-state index is 2.56. The van der Waals surface area contributed by atoms with E-state index in [9.17, 15) is 0 Å². The molecule has 0 amide bonds. The molecule has 0 saturated heterocycles. The van der Waals surface area contributed by atoms with Crippen LogP contribution in [0.4, 0.5) is 0 Å². The first kappa shape index (κ1) is 27.7. The minimum Gasteiger partial charge on any atom is -0.234 e. The average Bonchev–Trinajstić information content (AvgIpc) is 3.21. The summed E-state index contributed by atoms with van der Waals surface area (Å²) < 4.78 is 5.06. The van der Waals surface area contributed by atoms with Crippen LogP contribution in [-0.4, -0.2) is 4.57 Å². The second-order valence-corrected chi connectivity index (χ2v) is 10.1. The second kappa shape index (κ2) is 18.8. The molecular formula is C31H53N2+. The molecule has 0 saturated carbocycles. The van der Waals surface area contributed by atoms with Gasteiger partial charge in [-0.2, -0.15) is 0 Å². The standard InChI is InChI=1S/C31H53N2/c1-3-5-7-9-11-12-13-14-16-21-25-31-32(26-22-17-15-10-8-6-4-2)27-28-33(31)29-30-23-19-18-20-24-30/h18-20,23-24,27-28H,3-17,21-22,25-26,29H2,1-2H3/q+1. The lowest BCUT2D eigenvalue weighted by Crippen LogP contribution is -2.37. The van der Waals surface area contributed by atoms with Crippen LogP contribution in [0.3, 0.4) is 0 Å². The van der Waals surface area contributed by atoms with E-state index in [0.717, 1.165) is 6.54 Å². The summed E-state index contributed by atoms with van der Waals surface area (Å²) in [7, 11) is 0. The van der Waals surface area contributed by atoms with Crippen molar-refractivity contribution < 1.29 is 4.57 Å². The molecule has 33 heavy (non-hydrogen) atoms. The molecule has 186 valence electrons. The number of hydrogen-bond donors (Lipinski definition) is 0. The zero-order valence-corrected chi connectivity index (χ0v) is 22.1. The van der Waals surface area contributed by atoms with Crippen LogP contribution in [0, 0.1) is 0 Å². The Kier molecular flexibility index (Phi) is 15.8. The van der Waals surface area contributed by atoms with E-state index in [0.29, 0.717) is 0 Å². The average molecular weight is 454 g/mol. The summed E-state index contributed by atoms with van der Waals surface area (Å²) in [5.41, 5.74) is 1.40. The second-order valence-electron chi connectivity index (χ2n) is 10.1. The van der Waals surface area contributed by atoms with E-state index >= 15 is 0 Å². The molecule has 0 aliphatic rings. The van der Waals surface area contributed by atoms with Crippen molar-refractivity contribution in [3.05, 3.63) is 54.1 Å². The van der Waals surface area contributed by atoms with Crippen LogP contribution < -0.4 is 4.57 Å². The molecule has 2 aromatic rings. The van der Waals surface area contributed by atoms with Crippen LogP contribution in [0.25, 0.3) is 0 Å². The highest BCUT2D eigenvalue weighted by molar-refractivity contribution is 5.13. The van der Waals surface area contributed by atoms with Crippen LogP contribution >= 0.6 is 0 Å². The molecule has 0 bridgehead atoms. The zero-order valence-electron chi connectivity index (χ0n) is 22.1. The lowest BCUT2D eigenvalue weighted by molar-refractivity contribution is -0.695. The molecule has 1 aromatic carbocycles. The van der Waals surface area contributed by atoms with Gasteiger partial charge in [-0.3, -0.25) is 0 Å². The molecule has 2 heteroatoms. The highest BCUT2D eigenvalue weighted by atomic mass is 15.1. The molecule has 0 aliphatic heterocycles. The molecule has 0 spiro atoms. The number of aryl methyl sites for hydroxylation is 1. The fourth-order valence-electron chi connectivity index (χ4n) is 4.92. The Morgan fingerprint density at radius 3 is 1.70 bits per heavy atom. The van der Waals surface area contributed by atoms with Crippen molar-refractivity contribution in [3.8, 4) is 0 Å². The molecule has 2 rings (SSSR count). The van der Waals surface area contributed by atoms with Gasteiger partial charge in [-0.25, -0.2) is 9.13 Å². The predicted molar refractivity (Wildman–Crippen MR) is 144 cm³/mol. The van der Waals surface area contributed by atoms with Crippen molar-refractivity contribution in [2.75, 3.05) is 0 Å². The van der Waals surface area contributed by atoms with Crippen molar-refractivity contribution >= 4 is 0 Å². The third-order valence-electron chi connectivity index (χ3n) is 7.04. The van der Waals surface area contributed by atoms with Crippen molar-refractivity contribution in [2.24, 2.45) is 0 Å². The van der Waals surface area contributed by atoms with Gasteiger partial charge in [0, 0.05) is 6.42 Å². The van der Waals surface area contributed by atoms with E-state index in [1.807, 2.05) is 0 Å². The van der Waals surface area contributed by atoms with Gasteiger partial charge in [0.2, 0.25) is 0 Å². The normalized spacial score (nSPS) is 11.3. The zero-order chi connectivity index (χ0) is 23.4. The lowest BCUT2D eigenvalue weighted by atomic mass is 10.1. The highest BCUT2D eigenvalue weighted by Gasteiger charge is 2.17. The number of nitrogens with zero attached hydrogens (tertiary/aromatic N) is 2. The van der Waals surface area contributed by atoms with Crippen molar-refractivity contribution in [1.82, 2.24) is 4.57 Å². The highest BCUT2D eigenvalue weighted by Crippen LogP contribution is 2.13. The van der Waals surface area contributed by atoms with Gasteiger partial charge in [0.05, 0.1) is 6.54 Å². The van der Waals surface area contributed by atoms with Crippen LogP contribution in [0.1, 0.15) is 134 Å². The fraction of sp³-hybridized carbons (Fsp3) is 0.710. The number of hydrogen-bond acceptors (Lipinski definition) is 0. The minimum atomic E-state index is 0.998. The monoisotopic (exact) mass is 453 g/mol. The van der Waals surface area contributed by atoms with Crippen LogP contribution in [0.2, 0.25) is 0 Å². The van der Waals surface area contributed by atoms with Crippen LogP contribution in [0.15, 0.2) is 42.7 Å². The summed E-state index contributed by atoms with van der Waals surface area (Å²) in [4.78, 5) is 0. The van der Waals surface area contributed by atoms with Crippen molar-refractivity contribution in [2.45, 2.75) is 143 Å². The van der Waals surface area contributed by atoms with Gasteiger partial charge in [-0.15, -0.1) is 0 Å². The number of unbranched alkanes of at least 4 members (excludes halogenated alkanes) is 15. The lowest BCUT2D eigenvalue weighted by Gasteiger charge is -2.07. The number of imidazole rings is 1. The van der Waals surface area contributed by atoms with Gasteiger partial charge in [0.15, 0.2) is 0 Å². The van der Waals surface area contributed by atoms with Gasteiger partial charge < -0.3 is 0 Å². The van der Waals surface area contributed by atoms with E-state index in [4.69, 9.17) is 0 Å². The third-order valence-corrected chi connectivity index (χ3v) is 7.04. The Bertz CT molecular complexity index is 688. The molecular weight excluding hydrogens is 400 g/mol. The number of rotatable bonds is 21. The molecule has 2 nitrogen and oxygen atoms in total. The maximum Gasteiger partial charge on any atom is 0.256 e. The van der Waals surface area contributed by atoms with Gasteiger partial charge in [0.1, 0.15) is 18.9 Å². The Hall–Kier alpha value is -1.57. The molecule has 0 N–H and O–H groups in total. The molecule has 1 aromatic heterocycles. The molecule has 0 fully saturated rings. The molecule has 0 unspecified atom stereocenters. The van der Waals surface area contributed by atoms with Gasteiger partial charge in [-0.05, 0) is 24.8 Å². The molecule has 1 heterocycles. The quantitative estimate of drug-likeness (QED) is 0.132. The van der Waals surface area contributed by atoms with E-state index in [2.05, 4.69) is 65.7 Å². The maximum atomic E-state index is 2.56. The molecule has 0 aliphatic carbocycles. The summed E-state index contributed by atoms with van der Waals surface area (Å²) in [5, 5.41) is 0. The fourth-order valence-corrected chi connectivity index (χ4v) is 4.92. The van der Waals surface area contributed by atoms with Crippen LogP contribution in [0.5, 0.6) is 0 Å². The van der Waals surface area contributed by atoms with Crippen molar-refractivity contribution in [3.63, 3.8) is 0 Å². The van der Waals surface area contributed by atoms with Gasteiger partial charge in [0.25, 0.3) is 5.82 Å². The summed E-state index contributed by atoms with van der Waals surface area (Å²) in [6.07, 6.45) is 29.6. The Morgan fingerprint density at radius 2 is 1.12 bits per heavy atom. The molecule has 0 atom stereocenters. The largest absolute Gasteiger partial charge is 0.256 e. The Labute approximate surface area is 205 Å². The summed E-state index contributed by atoms with van der Waals surface area (Å²) in [6.45, 7) is 6.78. The first-order chi connectivity index (χ1) is 16.3. The van der Waals surface area contributed by atoms with Gasteiger partial charge >= 0.3 is 0 Å². The van der Waals surface area contributed by atoms with Gasteiger partial charge in [-0.1, -0.05) is 134 Å². The number of aromatic nitrogens is 2. The Balaban J connectivity index is 1.76. The first-order valence-electron chi connectivity index (χ1n) is 14.5. The van der Waals surface area contributed by atoms with E-state index in [1.54, 1.807) is 0 Å². The van der Waals surface area contributed by atoms with Crippen molar-refractivity contribution in [1.29, 1.82) is 0 Å². The predicted octanol–water partition coefficient (Wildman–Crippen LogP) is 9.04. The summed E-state index contributed by atoms with van der Waals surface area (Å²) in [5.74, 6) is 1.53. The van der Waals surface area contributed by atoms with E-state index in [-0.39, 0.29) is 0 Å². The SMILES string of the molecule is CCCCCCCCCCCCc1n(CCCCCCCCC)cc[n+]1Cc1ccccc1. The summed E-state index contributed by atoms with van der Waals surface area (Å²) in [6, 6.07) is 10.9. The first-order valence-corrected chi connectivity index (χ1v) is 14.5. The molecule has 0 radical (unpaired) electrons. The third kappa shape index (κ3) is 12.5. The minimum absolute atomic E-state index is 0.998. The summed E-state index contributed by atoms with van der Waals surface area (Å²) >= 11 is 0. The van der Waals surface area contributed by atoms with Crippen LogP contribution in [-0.2, 0) is 19.5 Å². The Morgan fingerprint density at radius 1 is 0.606 bits per heavy atom. The topological polar surface area (TPSA) is 8.81 Å².